The summed E-state index contributed by atoms with van der Waals surface area (Å²) in [5.41, 5.74) is 5.77. The van der Waals surface area contributed by atoms with E-state index in [4.69, 9.17) is 15.3 Å². The largest absolute Gasteiger partial charge is 0.477 e. The zero-order chi connectivity index (χ0) is 24.3. The molecule has 4 N–H and O–H groups in total. The van der Waals surface area contributed by atoms with Gasteiger partial charge in [-0.05, 0) is 22.4 Å². The third kappa shape index (κ3) is 5.30. The Kier molecular flexibility index (Phi) is 7.97. The number of halogens is 1. The number of carboxylic acid groups (broad SMARTS) is 1. The Balaban J connectivity index is 1.80. The Morgan fingerprint density at radius 3 is 2.73 bits per heavy atom. The topological polar surface area (TPSA) is 174 Å². The van der Waals surface area contributed by atoms with Crippen molar-refractivity contribution in [2.75, 3.05) is 24.7 Å². The predicted molar refractivity (Wildman–Crippen MR) is 123 cm³/mol. The first-order valence-corrected chi connectivity index (χ1v) is 12.3. The van der Waals surface area contributed by atoms with Crippen LogP contribution in [0.25, 0.3) is 0 Å². The molecule has 15 heteroatoms. The molecule has 2 aliphatic heterocycles. The number of hydrogen-bond acceptors (Lipinski definition) is 11. The van der Waals surface area contributed by atoms with Crippen LogP contribution in [0.1, 0.15) is 26.0 Å². The molecule has 12 nitrogen and oxygen atoms in total. The van der Waals surface area contributed by atoms with E-state index >= 15 is 0 Å². The minimum Gasteiger partial charge on any atom is -0.477 e. The van der Waals surface area contributed by atoms with Gasteiger partial charge in [0.2, 0.25) is 0 Å². The number of fused-ring (bicyclic) bond motifs is 1. The molecule has 0 saturated carbocycles. The second kappa shape index (κ2) is 10.5. The van der Waals surface area contributed by atoms with Crippen LogP contribution in [0.15, 0.2) is 20.2 Å². The molecule has 1 aromatic heterocycles. The fourth-order valence-corrected chi connectivity index (χ4v) is 5.71. The zero-order valence-electron chi connectivity index (χ0n) is 17.5. The number of nitrogen functional groups attached to an aromatic ring is 1. The summed E-state index contributed by atoms with van der Waals surface area (Å²) in [6, 6.07) is -0.988. The standard InChI is InChI=1S/C18H20BrN5O7S2/c1-3-4-31-23-10(9-13(19)33-18(20)22-9)14(26)21-11-15(27)24-12(17(28)29)8(5-30-7(2)25)6-32-16(11)24/h11,16H,3-6H2,1-2H3,(H2,20,22)(H,21,26)(H,28,29)/t11-,16-/m1/s1. The highest BCUT2D eigenvalue weighted by Gasteiger charge is 2.54. The molecule has 1 aromatic rings. The number of aliphatic carboxylic acids is 1. The molecule has 0 radical (unpaired) electrons. The fraction of sp³-hybridized carbons (Fsp3) is 0.444. The number of β-lactam (4-membered cyclic amide) rings is 1. The van der Waals surface area contributed by atoms with Gasteiger partial charge < -0.3 is 25.7 Å². The smallest absolute Gasteiger partial charge is 0.352 e. The van der Waals surface area contributed by atoms with Crippen LogP contribution >= 0.6 is 39.0 Å². The molecular weight excluding hydrogens is 542 g/mol. The van der Waals surface area contributed by atoms with E-state index in [9.17, 15) is 24.3 Å². The van der Waals surface area contributed by atoms with Crippen LogP contribution in [0, 0.1) is 0 Å². The van der Waals surface area contributed by atoms with E-state index in [1.807, 2.05) is 6.92 Å². The summed E-state index contributed by atoms with van der Waals surface area (Å²) in [4.78, 5) is 59.0. The molecule has 0 unspecified atom stereocenters. The number of nitrogens with one attached hydrogen (secondary N) is 1. The van der Waals surface area contributed by atoms with Crippen molar-refractivity contribution < 1.29 is 33.9 Å². The highest BCUT2D eigenvalue weighted by Crippen LogP contribution is 2.40. The Morgan fingerprint density at radius 2 is 2.15 bits per heavy atom. The number of amides is 2. The van der Waals surface area contributed by atoms with E-state index in [0.717, 1.165) is 16.2 Å². The Morgan fingerprint density at radius 1 is 1.42 bits per heavy atom. The first kappa shape index (κ1) is 25.0. The van der Waals surface area contributed by atoms with Gasteiger partial charge in [0.15, 0.2) is 10.8 Å². The van der Waals surface area contributed by atoms with Crippen molar-refractivity contribution in [1.82, 2.24) is 15.2 Å². The van der Waals surface area contributed by atoms with Gasteiger partial charge in [0, 0.05) is 18.2 Å². The summed E-state index contributed by atoms with van der Waals surface area (Å²) in [5.74, 6) is -3.00. The number of thiazole rings is 1. The molecule has 33 heavy (non-hydrogen) atoms. The number of rotatable bonds is 9. The molecule has 178 valence electrons. The van der Waals surface area contributed by atoms with Crippen molar-refractivity contribution in [1.29, 1.82) is 0 Å². The number of hydrogen-bond donors (Lipinski definition) is 3. The maximum atomic E-state index is 13.0. The summed E-state index contributed by atoms with van der Waals surface area (Å²) < 4.78 is 5.37. The van der Waals surface area contributed by atoms with E-state index in [1.54, 1.807) is 0 Å². The van der Waals surface area contributed by atoms with E-state index in [0.29, 0.717) is 15.8 Å². The number of carboxylic acids is 1. The van der Waals surface area contributed by atoms with Crippen LogP contribution in [-0.2, 0) is 28.8 Å². The van der Waals surface area contributed by atoms with Crippen LogP contribution in [-0.4, -0.2) is 74.8 Å². The normalized spacial score (nSPS) is 20.2. The van der Waals surface area contributed by atoms with Crippen LogP contribution in [0.4, 0.5) is 5.13 Å². The number of aromatic nitrogens is 1. The lowest BCUT2D eigenvalue weighted by Gasteiger charge is -2.49. The summed E-state index contributed by atoms with van der Waals surface area (Å²) >= 11 is 5.64. The predicted octanol–water partition coefficient (Wildman–Crippen LogP) is 0.920. The lowest BCUT2D eigenvalue weighted by molar-refractivity contribution is -0.150. The van der Waals surface area contributed by atoms with Gasteiger partial charge in [-0.25, -0.2) is 9.78 Å². The van der Waals surface area contributed by atoms with Gasteiger partial charge >= 0.3 is 11.9 Å². The highest BCUT2D eigenvalue weighted by atomic mass is 79.9. The third-order valence-electron chi connectivity index (χ3n) is 4.48. The summed E-state index contributed by atoms with van der Waals surface area (Å²) in [6.07, 6.45) is 0.660. The Bertz CT molecular complexity index is 1060. The van der Waals surface area contributed by atoms with Gasteiger partial charge in [0.05, 0.1) is 0 Å². The Labute approximate surface area is 204 Å². The molecule has 3 rings (SSSR count). The lowest BCUT2D eigenvalue weighted by atomic mass is 10.0. The van der Waals surface area contributed by atoms with Crippen LogP contribution in [0.3, 0.4) is 0 Å². The SMILES string of the molecule is CCCON=C(C(=O)N[C@@H]1C(=O)N2C(C(=O)O)=C(COC(C)=O)CS[C@H]12)c1nc(N)sc1Br. The number of carbonyl (C=O) groups is 4. The first-order chi connectivity index (χ1) is 15.6. The van der Waals surface area contributed by atoms with E-state index in [-0.39, 0.29) is 41.2 Å². The van der Waals surface area contributed by atoms with Crippen molar-refractivity contribution in [2.45, 2.75) is 31.7 Å². The number of oxime groups is 1. The monoisotopic (exact) mass is 561 g/mol. The van der Waals surface area contributed by atoms with Gasteiger partial charge in [-0.1, -0.05) is 23.4 Å². The number of ether oxygens (including phenoxy) is 1. The molecule has 0 aliphatic carbocycles. The molecule has 0 spiro atoms. The third-order valence-corrected chi connectivity index (χ3v) is 7.35. The molecule has 2 atom stereocenters. The van der Waals surface area contributed by atoms with Gasteiger partial charge in [0.25, 0.3) is 11.8 Å². The van der Waals surface area contributed by atoms with Crippen molar-refractivity contribution >= 4 is 73.6 Å². The molecule has 3 heterocycles. The van der Waals surface area contributed by atoms with Gasteiger partial charge in [-0.3, -0.25) is 19.3 Å². The van der Waals surface area contributed by atoms with Crippen LogP contribution in [0.5, 0.6) is 0 Å². The lowest BCUT2D eigenvalue weighted by Crippen LogP contribution is -2.71. The average Bonchev–Trinajstić information content (AvgIpc) is 3.09. The van der Waals surface area contributed by atoms with Crippen LogP contribution in [0.2, 0.25) is 0 Å². The minimum absolute atomic E-state index is 0.167. The maximum absolute atomic E-state index is 13.0. The van der Waals surface area contributed by atoms with Crippen molar-refractivity contribution in [2.24, 2.45) is 5.16 Å². The highest BCUT2D eigenvalue weighted by molar-refractivity contribution is 9.11. The molecular formula is C18H20BrN5O7S2. The first-order valence-electron chi connectivity index (χ1n) is 9.62. The maximum Gasteiger partial charge on any atom is 0.352 e. The molecule has 0 aromatic carbocycles. The number of thioether (sulfide) groups is 1. The second-order valence-corrected chi connectivity index (χ2v) is 10.3. The van der Waals surface area contributed by atoms with Crippen molar-refractivity contribution in [3.05, 3.63) is 20.8 Å². The Hall–Kier alpha value is -2.65. The quantitative estimate of drug-likeness (QED) is 0.129. The number of carbonyl (C=O) groups excluding carboxylic acids is 3. The number of esters is 1. The zero-order valence-corrected chi connectivity index (χ0v) is 20.7. The fourth-order valence-electron chi connectivity index (χ4n) is 3.05. The van der Waals surface area contributed by atoms with E-state index < -0.39 is 35.2 Å². The summed E-state index contributed by atoms with van der Waals surface area (Å²) in [7, 11) is 0. The number of nitrogens with zero attached hydrogens (tertiary/aromatic N) is 3. The molecule has 2 amide bonds. The molecule has 2 aliphatic rings. The average molecular weight is 562 g/mol. The number of nitrogens with two attached hydrogens (primary N) is 1. The van der Waals surface area contributed by atoms with Crippen LogP contribution < -0.4 is 11.1 Å². The van der Waals surface area contributed by atoms with Gasteiger partial charge in [-0.2, -0.15) is 0 Å². The second-order valence-electron chi connectivity index (χ2n) is 6.85. The van der Waals surface area contributed by atoms with Gasteiger partial charge in [-0.15, -0.1) is 11.8 Å². The molecule has 0 bridgehead atoms. The van der Waals surface area contributed by atoms with Crippen molar-refractivity contribution in [3.8, 4) is 0 Å². The molecule has 1 fully saturated rings. The summed E-state index contributed by atoms with van der Waals surface area (Å²) in [6.45, 7) is 3.11. The number of anilines is 1. The van der Waals surface area contributed by atoms with Gasteiger partial charge in [0.1, 0.15) is 39.8 Å². The summed E-state index contributed by atoms with van der Waals surface area (Å²) in [5, 5.41) is 15.7. The van der Waals surface area contributed by atoms with E-state index in [2.05, 4.69) is 31.4 Å². The molecule has 1 saturated heterocycles. The van der Waals surface area contributed by atoms with Crippen molar-refractivity contribution in [3.63, 3.8) is 0 Å². The minimum atomic E-state index is -1.32. The van der Waals surface area contributed by atoms with E-state index in [1.165, 1.54) is 18.7 Å².